The maximum atomic E-state index is 12.3. The lowest BCUT2D eigenvalue weighted by atomic mass is 10.1. The van der Waals surface area contributed by atoms with Crippen molar-refractivity contribution >= 4 is 32.2 Å². The fourth-order valence-corrected chi connectivity index (χ4v) is 3.85. The molecule has 8 heteroatoms. The summed E-state index contributed by atoms with van der Waals surface area (Å²) in [5.74, 6) is -0.288. The lowest BCUT2D eigenvalue weighted by molar-refractivity contribution is 0.474. The van der Waals surface area contributed by atoms with E-state index in [1.807, 2.05) is 18.2 Å². The van der Waals surface area contributed by atoms with Crippen molar-refractivity contribution in [2.75, 3.05) is 0 Å². The quantitative estimate of drug-likeness (QED) is 0.567. The minimum Gasteiger partial charge on any atom is -0.506 e. The van der Waals surface area contributed by atoms with E-state index in [2.05, 4.69) is 15.0 Å². The van der Waals surface area contributed by atoms with Gasteiger partial charge in [-0.05, 0) is 43.5 Å². The molecular weight excluding hydrogens is 366 g/mol. The fraction of sp³-hybridized carbons (Fsp3) is 0.158. The molecule has 0 saturated heterocycles. The van der Waals surface area contributed by atoms with Crippen molar-refractivity contribution in [1.29, 1.82) is 0 Å². The number of rotatable bonds is 5. The third-order valence-corrected chi connectivity index (χ3v) is 5.44. The third kappa shape index (κ3) is 4.07. The minimum atomic E-state index is -3.74. The molecule has 0 radical (unpaired) electrons. The van der Waals surface area contributed by atoms with Gasteiger partial charge in [0.2, 0.25) is 10.0 Å². The largest absolute Gasteiger partial charge is 0.506 e. The van der Waals surface area contributed by atoms with Gasteiger partial charge in [0.15, 0.2) is 0 Å². The molecule has 0 aliphatic rings. The van der Waals surface area contributed by atoms with Crippen molar-refractivity contribution in [2.45, 2.75) is 24.8 Å². The first-order valence-electron chi connectivity index (χ1n) is 8.26. The van der Waals surface area contributed by atoms with Crippen LogP contribution in [0.3, 0.4) is 0 Å². The summed E-state index contributed by atoms with van der Waals surface area (Å²) in [4.78, 5) is -0.0370. The number of sulfonamides is 1. The van der Waals surface area contributed by atoms with Gasteiger partial charge < -0.3 is 10.2 Å². The summed E-state index contributed by atoms with van der Waals surface area (Å²) >= 11 is 0. The molecule has 3 N–H and O–H groups in total. The van der Waals surface area contributed by atoms with Gasteiger partial charge in [0.05, 0.1) is 4.90 Å². The maximum Gasteiger partial charge on any atom is 0.240 e. The zero-order valence-electron chi connectivity index (χ0n) is 14.8. The summed E-state index contributed by atoms with van der Waals surface area (Å²) in [5, 5.41) is 29.7. The van der Waals surface area contributed by atoms with Crippen LogP contribution in [0, 0.1) is 0 Å². The predicted molar refractivity (Wildman–Crippen MR) is 103 cm³/mol. The summed E-state index contributed by atoms with van der Waals surface area (Å²) in [5.41, 5.74) is 0.218. The topological polar surface area (TPSA) is 111 Å². The first-order valence-corrected chi connectivity index (χ1v) is 9.74. The molecule has 7 nitrogen and oxygen atoms in total. The third-order valence-electron chi connectivity index (χ3n) is 3.79. The smallest absolute Gasteiger partial charge is 0.240 e. The first kappa shape index (κ1) is 18.8. The van der Waals surface area contributed by atoms with Crippen LogP contribution in [0.1, 0.15) is 13.8 Å². The fourth-order valence-electron chi connectivity index (χ4n) is 2.58. The molecular formula is C19H19N3O4S. The Morgan fingerprint density at radius 3 is 2.37 bits per heavy atom. The summed E-state index contributed by atoms with van der Waals surface area (Å²) in [6.07, 6.45) is 0. The van der Waals surface area contributed by atoms with E-state index in [1.54, 1.807) is 26.0 Å². The van der Waals surface area contributed by atoms with Crippen LogP contribution < -0.4 is 4.72 Å². The van der Waals surface area contributed by atoms with Crippen LogP contribution in [0.2, 0.25) is 0 Å². The summed E-state index contributed by atoms with van der Waals surface area (Å²) < 4.78 is 27.1. The van der Waals surface area contributed by atoms with Crippen LogP contribution in [0.15, 0.2) is 69.7 Å². The van der Waals surface area contributed by atoms with Gasteiger partial charge >= 0.3 is 0 Å². The average Bonchev–Trinajstić information content (AvgIpc) is 2.61. The highest BCUT2D eigenvalue weighted by atomic mass is 32.2. The molecule has 0 amide bonds. The highest BCUT2D eigenvalue weighted by molar-refractivity contribution is 7.89. The number of nitrogens with one attached hydrogen (secondary N) is 1. The van der Waals surface area contributed by atoms with Crippen LogP contribution in [-0.2, 0) is 10.0 Å². The van der Waals surface area contributed by atoms with Crippen molar-refractivity contribution in [2.24, 2.45) is 10.2 Å². The molecule has 0 unspecified atom stereocenters. The number of nitrogens with zero attached hydrogens (tertiary/aromatic N) is 2. The van der Waals surface area contributed by atoms with Crippen LogP contribution >= 0.6 is 0 Å². The van der Waals surface area contributed by atoms with Gasteiger partial charge in [0.25, 0.3) is 0 Å². The van der Waals surface area contributed by atoms with Crippen LogP contribution in [0.25, 0.3) is 10.8 Å². The zero-order chi connectivity index (χ0) is 19.6. The van der Waals surface area contributed by atoms with E-state index >= 15 is 0 Å². The van der Waals surface area contributed by atoms with Crippen LogP contribution in [-0.4, -0.2) is 24.7 Å². The Hall–Kier alpha value is -2.97. The van der Waals surface area contributed by atoms with Crippen molar-refractivity contribution in [3.05, 3.63) is 54.6 Å². The Labute approximate surface area is 157 Å². The molecule has 0 saturated carbocycles. The minimum absolute atomic E-state index is 0.0195. The van der Waals surface area contributed by atoms with E-state index in [4.69, 9.17) is 0 Å². The number of azo groups is 1. The van der Waals surface area contributed by atoms with Gasteiger partial charge in [-0.2, -0.15) is 0 Å². The molecule has 0 heterocycles. The van der Waals surface area contributed by atoms with E-state index in [0.29, 0.717) is 5.39 Å². The van der Waals surface area contributed by atoms with E-state index in [9.17, 15) is 18.6 Å². The highest BCUT2D eigenvalue weighted by Gasteiger charge is 2.17. The van der Waals surface area contributed by atoms with Crippen molar-refractivity contribution in [1.82, 2.24) is 4.72 Å². The molecule has 0 bridgehead atoms. The number of hydrogen-bond acceptors (Lipinski definition) is 6. The van der Waals surface area contributed by atoms with E-state index in [1.165, 1.54) is 24.3 Å². The molecule has 3 aromatic rings. The predicted octanol–water partition coefficient (Wildman–Crippen LogP) is 4.35. The number of hydrogen-bond donors (Lipinski definition) is 3. The molecule has 0 aliphatic carbocycles. The van der Waals surface area contributed by atoms with Gasteiger partial charge in [-0.25, -0.2) is 13.1 Å². The summed E-state index contributed by atoms with van der Waals surface area (Å²) in [6.45, 7) is 3.42. The molecule has 0 aromatic heterocycles. The van der Waals surface area contributed by atoms with E-state index in [-0.39, 0.29) is 33.8 Å². The Bertz CT molecular complexity index is 1130. The van der Waals surface area contributed by atoms with Crippen LogP contribution in [0.5, 0.6) is 11.5 Å². The van der Waals surface area contributed by atoms with Gasteiger partial charge in [-0.3, -0.25) is 0 Å². The molecule has 0 atom stereocenters. The molecule has 0 aliphatic heterocycles. The van der Waals surface area contributed by atoms with Crippen LogP contribution in [0.4, 0.5) is 11.4 Å². The first-order chi connectivity index (χ1) is 12.8. The number of benzene rings is 3. The average molecular weight is 385 g/mol. The lowest BCUT2D eigenvalue weighted by Gasteiger charge is -2.10. The molecule has 0 spiro atoms. The summed E-state index contributed by atoms with van der Waals surface area (Å²) in [6, 6.07) is 14.1. The Morgan fingerprint density at radius 2 is 1.63 bits per heavy atom. The SMILES string of the molecule is CC(C)NS(=O)(=O)c1ccc(O)c(N=Nc2c(O)ccc3ccccc23)c1. The molecule has 27 heavy (non-hydrogen) atoms. The zero-order valence-corrected chi connectivity index (χ0v) is 15.6. The molecule has 3 aromatic carbocycles. The lowest BCUT2D eigenvalue weighted by Crippen LogP contribution is -2.30. The standard InChI is InChI=1S/C19H19N3O4S/c1-12(2)22-27(25,26)14-8-10-17(23)16(11-14)20-21-19-15-6-4-3-5-13(15)7-9-18(19)24/h3-12,22-24H,1-2H3. The Kier molecular flexibility index (Phi) is 5.11. The number of aromatic hydroxyl groups is 2. The normalized spacial score (nSPS) is 12.3. The number of fused-ring (bicyclic) bond motifs is 1. The van der Waals surface area contributed by atoms with Crippen molar-refractivity contribution in [3.63, 3.8) is 0 Å². The molecule has 3 rings (SSSR count). The second kappa shape index (κ2) is 7.34. The number of phenolic OH excluding ortho intramolecular Hbond substituents is 2. The van der Waals surface area contributed by atoms with E-state index < -0.39 is 10.0 Å². The monoisotopic (exact) mass is 385 g/mol. The molecule has 0 fully saturated rings. The molecule has 140 valence electrons. The Morgan fingerprint density at radius 1 is 0.926 bits per heavy atom. The van der Waals surface area contributed by atoms with Gasteiger partial charge in [-0.1, -0.05) is 30.3 Å². The highest BCUT2D eigenvalue weighted by Crippen LogP contribution is 2.37. The van der Waals surface area contributed by atoms with E-state index in [0.717, 1.165) is 5.39 Å². The van der Waals surface area contributed by atoms with Crippen molar-refractivity contribution < 1.29 is 18.6 Å². The van der Waals surface area contributed by atoms with Crippen molar-refractivity contribution in [3.8, 4) is 11.5 Å². The number of phenols is 2. The Balaban J connectivity index is 2.04. The second-order valence-corrected chi connectivity index (χ2v) is 7.99. The summed E-state index contributed by atoms with van der Waals surface area (Å²) in [7, 11) is -3.74. The second-order valence-electron chi connectivity index (χ2n) is 6.28. The maximum absolute atomic E-state index is 12.3. The van der Waals surface area contributed by atoms with Gasteiger partial charge in [-0.15, -0.1) is 10.2 Å². The van der Waals surface area contributed by atoms with Gasteiger partial charge in [0.1, 0.15) is 22.9 Å². The van der Waals surface area contributed by atoms with Gasteiger partial charge in [0, 0.05) is 11.4 Å².